The first-order valence-corrected chi connectivity index (χ1v) is 7.77. The summed E-state index contributed by atoms with van der Waals surface area (Å²) in [5.41, 5.74) is 1.20. The average Bonchev–Trinajstić information content (AvgIpc) is 3.10. The number of hydrogen-bond acceptors (Lipinski definition) is 5. The first-order valence-electron chi connectivity index (χ1n) is 6.89. The second kappa shape index (κ2) is 5.79. The summed E-state index contributed by atoms with van der Waals surface area (Å²) < 4.78 is 1.98. The van der Waals surface area contributed by atoms with Crippen molar-refractivity contribution >= 4 is 11.3 Å². The van der Waals surface area contributed by atoms with E-state index in [9.17, 15) is 0 Å². The van der Waals surface area contributed by atoms with Gasteiger partial charge in [-0.2, -0.15) is 0 Å². The van der Waals surface area contributed by atoms with E-state index in [1.165, 1.54) is 30.0 Å². The predicted octanol–water partition coefficient (Wildman–Crippen LogP) is 2.48. The van der Waals surface area contributed by atoms with E-state index in [1.807, 2.05) is 17.1 Å². The van der Waals surface area contributed by atoms with Crippen LogP contribution in [0.5, 0.6) is 0 Å². The van der Waals surface area contributed by atoms with E-state index >= 15 is 0 Å². The summed E-state index contributed by atoms with van der Waals surface area (Å²) in [7, 11) is 0. The molecule has 0 amide bonds. The van der Waals surface area contributed by atoms with Gasteiger partial charge in [-0.1, -0.05) is 11.6 Å². The third-order valence-corrected chi connectivity index (χ3v) is 4.59. The second-order valence-corrected chi connectivity index (χ2v) is 5.82. The van der Waals surface area contributed by atoms with Crippen LogP contribution >= 0.6 is 11.3 Å². The molecule has 102 valence electrons. The first-order chi connectivity index (χ1) is 9.38. The van der Waals surface area contributed by atoms with Gasteiger partial charge in [0.25, 0.3) is 0 Å². The zero-order valence-corrected chi connectivity index (χ0v) is 12.0. The number of thiazole rings is 1. The van der Waals surface area contributed by atoms with Gasteiger partial charge in [0.15, 0.2) is 0 Å². The Kier molecular flexibility index (Phi) is 3.89. The highest BCUT2D eigenvalue weighted by Gasteiger charge is 2.26. The van der Waals surface area contributed by atoms with Crippen LogP contribution in [0.15, 0.2) is 17.8 Å². The van der Waals surface area contributed by atoms with E-state index in [1.54, 1.807) is 11.3 Å². The molecule has 1 saturated heterocycles. The maximum atomic E-state index is 4.50. The van der Waals surface area contributed by atoms with Crippen LogP contribution in [0.3, 0.4) is 0 Å². The summed E-state index contributed by atoms with van der Waals surface area (Å²) >= 11 is 1.76. The van der Waals surface area contributed by atoms with Gasteiger partial charge in [-0.25, -0.2) is 9.67 Å². The van der Waals surface area contributed by atoms with Gasteiger partial charge < -0.3 is 0 Å². The largest absolute Gasteiger partial charge is 0.288 e. The van der Waals surface area contributed by atoms with Crippen molar-refractivity contribution in [1.29, 1.82) is 0 Å². The lowest BCUT2D eigenvalue weighted by Gasteiger charge is -2.34. The van der Waals surface area contributed by atoms with Crippen LogP contribution in [-0.2, 0) is 13.1 Å². The van der Waals surface area contributed by atoms with Gasteiger partial charge in [0, 0.05) is 24.7 Å². The fraction of sp³-hybridized carbons (Fsp3) is 0.615. The summed E-state index contributed by atoms with van der Waals surface area (Å²) in [5.74, 6) is 0. The highest BCUT2D eigenvalue weighted by atomic mass is 32.1. The van der Waals surface area contributed by atoms with Crippen LogP contribution in [0, 0.1) is 0 Å². The van der Waals surface area contributed by atoms with Crippen molar-refractivity contribution in [3.05, 3.63) is 28.5 Å². The molecule has 1 aliphatic rings. The molecule has 1 atom stereocenters. The molecule has 0 N–H and O–H groups in total. The average molecular weight is 277 g/mol. The summed E-state index contributed by atoms with van der Waals surface area (Å²) in [6.07, 6.45) is 7.57. The van der Waals surface area contributed by atoms with Gasteiger partial charge >= 0.3 is 0 Å². The van der Waals surface area contributed by atoms with Crippen LogP contribution in [0.25, 0.3) is 0 Å². The van der Waals surface area contributed by atoms with Crippen molar-refractivity contribution in [3.8, 4) is 0 Å². The Balaban J connectivity index is 1.77. The lowest BCUT2D eigenvalue weighted by atomic mass is 10.0. The van der Waals surface area contributed by atoms with E-state index in [2.05, 4.69) is 32.5 Å². The number of nitrogens with zero attached hydrogens (tertiary/aromatic N) is 5. The Labute approximate surface area is 117 Å². The molecule has 0 bridgehead atoms. The first kappa shape index (κ1) is 12.7. The third kappa shape index (κ3) is 2.69. The Morgan fingerprint density at radius 1 is 1.42 bits per heavy atom. The maximum Gasteiger partial charge on any atom is 0.110 e. The van der Waals surface area contributed by atoms with Crippen molar-refractivity contribution < 1.29 is 0 Å². The van der Waals surface area contributed by atoms with Crippen LogP contribution in [0.4, 0.5) is 0 Å². The molecule has 0 saturated carbocycles. The molecular weight excluding hydrogens is 258 g/mol. The Bertz CT molecular complexity index is 507. The highest BCUT2D eigenvalue weighted by Crippen LogP contribution is 2.32. The summed E-state index contributed by atoms with van der Waals surface area (Å²) in [5, 5.41) is 11.4. The minimum atomic E-state index is 0.467. The van der Waals surface area contributed by atoms with Gasteiger partial charge in [0.05, 0.1) is 17.9 Å². The van der Waals surface area contributed by atoms with E-state index in [0.29, 0.717) is 6.04 Å². The van der Waals surface area contributed by atoms with E-state index in [-0.39, 0.29) is 0 Å². The number of rotatable bonds is 4. The summed E-state index contributed by atoms with van der Waals surface area (Å²) in [6.45, 7) is 5.04. The number of aryl methyl sites for hydroxylation is 1. The Morgan fingerprint density at radius 3 is 3.16 bits per heavy atom. The minimum absolute atomic E-state index is 0.467. The zero-order valence-electron chi connectivity index (χ0n) is 11.2. The molecule has 0 radical (unpaired) electrons. The van der Waals surface area contributed by atoms with Gasteiger partial charge in [-0.05, 0) is 26.3 Å². The van der Waals surface area contributed by atoms with Gasteiger partial charge in [-0.15, -0.1) is 16.4 Å². The minimum Gasteiger partial charge on any atom is -0.288 e. The lowest BCUT2D eigenvalue weighted by molar-refractivity contribution is 0.136. The SMILES string of the molecule is CCn1nncc1CN1CCCCC1c1nccs1. The molecule has 0 aromatic carbocycles. The topological polar surface area (TPSA) is 46.8 Å². The smallest absolute Gasteiger partial charge is 0.110 e. The zero-order chi connectivity index (χ0) is 13.1. The van der Waals surface area contributed by atoms with Crippen molar-refractivity contribution in [2.24, 2.45) is 0 Å². The fourth-order valence-electron chi connectivity index (χ4n) is 2.73. The van der Waals surface area contributed by atoms with E-state index in [4.69, 9.17) is 0 Å². The molecule has 1 fully saturated rings. The van der Waals surface area contributed by atoms with Crippen LogP contribution in [0.1, 0.15) is 42.9 Å². The Hall–Kier alpha value is -1.27. The highest BCUT2D eigenvalue weighted by molar-refractivity contribution is 7.09. The lowest BCUT2D eigenvalue weighted by Crippen LogP contribution is -2.33. The molecule has 1 unspecified atom stereocenters. The van der Waals surface area contributed by atoms with Crippen LogP contribution in [-0.4, -0.2) is 31.4 Å². The van der Waals surface area contributed by atoms with Crippen molar-refractivity contribution in [1.82, 2.24) is 24.9 Å². The standard InChI is InChI=1S/C13H19N5S/c1-2-18-11(9-15-16-18)10-17-7-4-3-5-12(17)13-14-6-8-19-13/h6,8-9,12H,2-5,7,10H2,1H3. The molecule has 0 aliphatic carbocycles. The third-order valence-electron chi connectivity index (χ3n) is 3.71. The number of aromatic nitrogens is 4. The molecule has 0 spiro atoms. The monoisotopic (exact) mass is 277 g/mol. The summed E-state index contributed by atoms with van der Waals surface area (Å²) in [4.78, 5) is 7.02. The van der Waals surface area contributed by atoms with Gasteiger partial charge in [-0.3, -0.25) is 4.90 Å². The second-order valence-electron chi connectivity index (χ2n) is 4.89. The molecule has 3 rings (SSSR count). The van der Waals surface area contributed by atoms with Crippen LogP contribution < -0.4 is 0 Å². The number of likely N-dealkylation sites (tertiary alicyclic amines) is 1. The predicted molar refractivity (Wildman–Crippen MR) is 74.8 cm³/mol. The Morgan fingerprint density at radius 2 is 2.37 bits per heavy atom. The normalized spacial score (nSPS) is 20.8. The quantitative estimate of drug-likeness (QED) is 0.861. The summed E-state index contributed by atoms with van der Waals surface area (Å²) in [6, 6.07) is 0.467. The van der Waals surface area contributed by atoms with Crippen molar-refractivity contribution in [2.45, 2.75) is 45.3 Å². The number of piperidine rings is 1. The molecule has 5 nitrogen and oxygen atoms in total. The van der Waals surface area contributed by atoms with Crippen LogP contribution in [0.2, 0.25) is 0 Å². The van der Waals surface area contributed by atoms with Crippen molar-refractivity contribution in [2.75, 3.05) is 6.54 Å². The maximum absolute atomic E-state index is 4.50. The molecule has 2 aromatic rings. The van der Waals surface area contributed by atoms with Gasteiger partial charge in [0.2, 0.25) is 0 Å². The van der Waals surface area contributed by atoms with Crippen molar-refractivity contribution in [3.63, 3.8) is 0 Å². The molecule has 19 heavy (non-hydrogen) atoms. The van der Waals surface area contributed by atoms with E-state index in [0.717, 1.165) is 19.6 Å². The number of hydrogen-bond donors (Lipinski definition) is 0. The molecule has 3 heterocycles. The van der Waals surface area contributed by atoms with Gasteiger partial charge in [0.1, 0.15) is 5.01 Å². The van der Waals surface area contributed by atoms with E-state index < -0.39 is 0 Å². The molecule has 1 aliphatic heterocycles. The fourth-order valence-corrected chi connectivity index (χ4v) is 3.54. The molecular formula is C13H19N5S. The molecule has 2 aromatic heterocycles. The molecule has 6 heteroatoms.